The molecule has 96 valence electrons. The molecule has 3 N–H and O–H groups in total. The largest absolute Gasteiger partial charge is 0.308 e. The van der Waals surface area contributed by atoms with Crippen molar-refractivity contribution in [1.82, 2.24) is 9.97 Å². The Morgan fingerprint density at radius 3 is 2.35 bits per heavy atom. The number of nitrogens with one attached hydrogen (secondary N) is 1. The van der Waals surface area contributed by atoms with Crippen molar-refractivity contribution in [2.45, 2.75) is 31.9 Å². The third kappa shape index (κ3) is 4.27. The van der Waals surface area contributed by atoms with Crippen LogP contribution in [0, 0.1) is 0 Å². The Morgan fingerprint density at radius 1 is 1.35 bits per heavy atom. The molecule has 6 nitrogen and oxygen atoms in total. The fraction of sp³-hybridized carbons (Fsp3) is 0.600. The zero-order chi connectivity index (χ0) is 13.3. The first kappa shape index (κ1) is 13.9. The molecule has 0 amide bonds. The van der Waals surface area contributed by atoms with Gasteiger partial charge in [-0.1, -0.05) is 20.8 Å². The monoisotopic (exact) mass is 258 g/mol. The maximum Gasteiger partial charge on any atom is 0.154 e. The van der Waals surface area contributed by atoms with E-state index < -0.39 is 9.84 Å². The van der Waals surface area contributed by atoms with E-state index in [4.69, 9.17) is 5.84 Å². The SMILES string of the molecule is CC(C)(C)c1cc(NN)nc(CS(C)(=O)=O)n1. The number of hydrogen-bond acceptors (Lipinski definition) is 6. The molecule has 0 saturated carbocycles. The van der Waals surface area contributed by atoms with Crippen LogP contribution in [0.5, 0.6) is 0 Å². The molecular weight excluding hydrogens is 240 g/mol. The second-order valence-corrected chi connectivity index (χ2v) is 7.16. The molecule has 0 aromatic carbocycles. The van der Waals surface area contributed by atoms with Crippen LogP contribution in [0.1, 0.15) is 32.3 Å². The Labute approximate surface area is 102 Å². The van der Waals surface area contributed by atoms with Gasteiger partial charge in [0.25, 0.3) is 0 Å². The minimum Gasteiger partial charge on any atom is -0.308 e. The molecule has 0 radical (unpaired) electrons. The van der Waals surface area contributed by atoms with E-state index in [0.717, 1.165) is 11.9 Å². The highest BCUT2D eigenvalue weighted by molar-refractivity contribution is 7.89. The molecule has 0 atom stereocenters. The number of sulfone groups is 1. The second-order valence-electron chi connectivity index (χ2n) is 5.02. The molecule has 0 bridgehead atoms. The second kappa shape index (κ2) is 4.58. The maximum atomic E-state index is 11.2. The van der Waals surface area contributed by atoms with Crippen LogP contribution in [0.15, 0.2) is 6.07 Å². The van der Waals surface area contributed by atoms with Crippen molar-refractivity contribution in [1.29, 1.82) is 0 Å². The van der Waals surface area contributed by atoms with Crippen LogP contribution in [-0.4, -0.2) is 24.6 Å². The Bertz CT molecular complexity index is 506. The molecule has 17 heavy (non-hydrogen) atoms. The van der Waals surface area contributed by atoms with Crippen LogP contribution in [-0.2, 0) is 21.0 Å². The first-order valence-electron chi connectivity index (χ1n) is 5.14. The number of rotatable bonds is 3. The van der Waals surface area contributed by atoms with Gasteiger partial charge in [0.2, 0.25) is 0 Å². The van der Waals surface area contributed by atoms with Gasteiger partial charge in [0.05, 0.1) is 5.69 Å². The van der Waals surface area contributed by atoms with Crippen molar-refractivity contribution in [3.05, 3.63) is 17.6 Å². The van der Waals surface area contributed by atoms with Gasteiger partial charge in [-0.2, -0.15) is 0 Å². The molecule has 1 aromatic heterocycles. The van der Waals surface area contributed by atoms with Gasteiger partial charge in [-0.15, -0.1) is 0 Å². The van der Waals surface area contributed by atoms with Crippen LogP contribution >= 0.6 is 0 Å². The fourth-order valence-corrected chi connectivity index (χ4v) is 1.85. The summed E-state index contributed by atoms with van der Waals surface area (Å²) in [6, 6.07) is 1.71. The number of nitrogens with two attached hydrogens (primary N) is 1. The third-order valence-corrected chi connectivity index (χ3v) is 2.86. The molecule has 0 spiro atoms. The number of nitrogens with zero attached hydrogens (tertiary/aromatic N) is 2. The first-order chi connectivity index (χ1) is 7.62. The lowest BCUT2D eigenvalue weighted by Gasteiger charge is -2.19. The summed E-state index contributed by atoms with van der Waals surface area (Å²) in [5.74, 6) is 5.79. The van der Waals surface area contributed by atoms with Crippen molar-refractivity contribution >= 4 is 15.7 Å². The number of hydrogen-bond donors (Lipinski definition) is 2. The Kier molecular flexibility index (Phi) is 3.73. The molecule has 0 aliphatic heterocycles. The van der Waals surface area contributed by atoms with Gasteiger partial charge < -0.3 is 5.43 Å². The lowest BCUT2D eigenvalue weighted by atomic mass is 9.92. The predicted octanol–water partition coefficient (Wildman–Crippen LogP) is 0.604. The van der Waals surface area contributed by atoms with Crippen LogP contribution in [0.25, 0.3) is 0 Å². The van der Waals surface area contributed by atoms with Gasteiger partial charge in [-0.3, -0.25) is 0 Å². The van der Waals surface area contributed by atoms with Crippen molar-refractivity contribution < 1.29 is 8.42 Å². The summed E-state index contributed by atoms with van der Waals surface area (Å²) in [5.41, 5.74) is 2.98. The van der Waals surface area contributed by atoms with Crippen molar-refractivity contribution in [3.63, 3.8) is 0 Å². The highest BCUT2D eigenvalue weighted by Crippen LogP contribution is 2.22. The summed E-state index contributed by atoms with van der Waals surface area (Å²) in [5, 5.41) is 0. The smallest absolute Gasteiger partial charge is 0.154 e. The van der Waals surface area contributed by atoms with Gasteiger partial charge in [0.15, 0.2) is 9.84 Å². The average Bonchev–Trinajstić information content (AvgIpc) is 2.13. The average molecular weight is 258 g/mol. The lowest BCUT2D eigenvalue weighted by molar-refractivity contribution is 0.562. The van der Waals surface area contributed by atoms with Gasteiger partial charge in [-0.25, -0.2) is 24.2 Å². The van der Waals surface area contributed by atoms with Crippen LogP contribution in [0.2, 0.25) is 0 Å². The van der Waals surface area contributed by atoms with E-state index in [2.05, 4.69) is 15.4 Å². The number of aromatic nitrogens is 2. The van der Waals surface area contributed by atoms with Gasteiger partial charge >= 0.3 is 0 Å². The number of anilines is 1. The summed E-state index contributed by atoms with van der Waals surface area (Å²) in [6.45, 7) is 5.96. The molecule has 0 fully saturated rings. The summed E-state index contributed by atoms with van der Waals surface area (Å²) in [7, 11) is -3.16. The summed E-state index contributed by atoms with van der Waals surface area (Å²) in [4.78, 5) is 8.28. The molecule has 7 heteroatoms. The molecule has 1 rings (SSSR count). The van der Waals surface area contributed by atoms with Crippen LogP contribution in [0.3, 0.4) is 0 Å². The molecule has 1 aromatic rings. The fourth-order valence-electron chi connectivity index (χ4n) is 1.25. The lowest BCUT2D eigenvalue weighted by Crippen LogP contribution is -2.19. The van der Waals surface area contributed by atoms with Crippen molar-refractivity contribution in [2.75, 3.05) is 11.7 Å². The minimum absolute atomic E-state index is 0.189. The maximum absolute atomic E-state index is 11.2. The highest BCUT2D eigenvalue weighted by atomic mass is 32.2. The zero-order valence-electron chi connectivity index (χ0n) is 10.5. The molecule has 1 heterocycles. The highest BCUT2D eigenvalue weighted by Gasteiger charge is 2.19. The van der Waals surface area contributed by atoms with Crippen molar-refractivity contribution in [3.8, 4) is 0 Å². The molecule has 0 aliphatic carbocycles. The number of nitrogen functional groups attached to an aromatic ring is 1. The van der Waals surface area contributed by atoms with Gasteiger partial charge in [0, 0.05) is 17.7 Å². The quantitative estimate of drug-likeness (QED) is 0.608. The zero-order valence-corrected chi connectivity index (χ0v) is 11.3. The minimum atomic E-state index is -3.16. The van der Waals surface area contributed by atoms with Crippen LogP contribution in [0.4, 0.5) is 5.82 Å². The molecule has 0 aliphatic rings. The van der Waals surface area contributed by atoms with E-state index in [1.54, 1.807) is 6.07 Å². The predicted molar refractivity (Wildman–Crippen MR) is 67.1 cm³/mol. The van der Waals surface area contributed by atoms with Crippen molar-refractivity contribution in [2.24, 2.45) is 5.84 Å². The normalized spacial score (nSPS) is 12.5. The van der Waals surface area contributed by atoms with E-state index in [1.165, 1.54) is 0 Å². The Hall–Kier alpha value is -1.21. The topological polar surface area (TPSA) is 98.0 Å². The van der Waals surface area contributed by atoms with Crippen LogP contribution < -0.4 is 11.3 Å². The molecular formula is C10H18N4O2S. The molecule has 0 unspecified atom stereocenters. The third-order valence-electron chi connectivity index (χ3n) is 2.08. The molecule has 0 saturated heterocycles. The summed E-state index contributed by atoms with van der Waals surface area (Å²) < 4.78 is 22.5. The van der Waals surface area contributed by atoms with Gasteiger partial charge in [0.1, 0.15) is 17.4 Å². The van der Waals surface area contributed by atoms with E-state index in [9.17, 15) is 8.42 Å². The Morgan fingerprint density at radius 2 is 1.94 bits per heavy atom. The van der Waals surface area contributed by atoms with E-state index in [-0.39, 0.29) is 17.0 Å². The summed E-state index contributed by atoms with van der Waals surface area (Å²) in [6.07, 6.45) is 1.15. The standard InChI is InChI=1S/C10H18N4O2S/c1-10(2,3)7-5-8(14-11)13-9(12-7)6-17(4,15)16/h5H,6,11H2,1-4H3,(H,12,13,14). The Balaban J connectivity index is 3.24. The van der Waals surface area contributed by atoms with E-state index >= 15 is 0 Å². The number of hydrazine groups is 1. The van der Waals surface area contributed by atoms with E-state index in [1.807, 2.05) is 20.8 Å². The first-order valence-corrected chi connectivity index (χ1v) is 7.20. The van der Waals surface area contributed by atoms with E-state index in [0.29, 0.717) is 5.82 Å². The summed E-state index contributed by atoms with van der Waals surface area (Å²) >= 11 is 0. The van der Waals surface area contributed by atoms with Gasteiger partial charge in [-0.05, 0) is 0 Å².